The monoisotopic (exact) mass is 311 g/mol. The Bertz CT molecular complexity index is 760. The summed E-state index contributed by atoms with van der Waals surface area (Å²) in [6.07, 6.45) is 1.53. The molecule has 5 nitrogen and oxygen atoms in total. The number of hydrogen-bond acceptors (Lipinski definition) is 4. The maximum absolute atomic E-state index is 12.4. The Hall–Kier alpha value is -1.79. The van der Waals surface area contributed by atoms with E-state index >= 15 is 0 Å². The molecule has 0 unspecified atom stereocenters. The van der Waals surface area contributed by atoms with Crippen LogP contribution in [0, 0.1) is 13.8 Å². The van der Waals surface area contributed by atoms with Crippen LogP contribution in [0.2, 0.25) is 5.02 Å². The van der Waals surface area contributed by atoms with Crippen LogP contribution < -0.4 is 10.5 Å². The average Bonchev–Trinajstić information content (AvgIpc) is 2.33. The van der Waals surface area contributed by atoms with E-state index in [0.29, 0.717) is 22.6 Å². The van der Waals surface area contributed by atoms with Gasteiger partial charge in [0.1, 0.15) is 0 Å². The molecule has 1 aromatic carbocycles. The quantitative estimate of drug-likeness (QED) is 0.853. The molecule has 1 heterocycles. The molecule has 0 aliphatic heterocycles. The lowest BCUT2D eigenvalue weighted by molar-refractivity contribution is 0.600. The summed E-state index contributed by atoms with van der Waals surface area (Å²) in [5.41, 5.74) is 7.71. The number of pyridine rings is 1. The summed E-state index contributed by atoms with van der Waals surface area (Å²) in [6.45, 7) is 3.42. The molecule has 2 rings (SSSR count). The van der Waals surface area contributed by atoms with Gasteiger partial charge in [-0.1, -0.05) is 11.6 Å². The molecule has 0 amide bonds. The Kier molecular flexibility index (Phi) is 3.87. The molecule has 0 fully saturated rings. The molecule has 106 valence electrons. The summed E-state index contributed by atoms with van der Waals surface area (Å²) in [5.74, 6) is 0. The third kappa shape index (κ3) is 3.02. The minimum atomic E-state index is -3.75. The van der Waals surface area contributed by atoms with Gasteiger partial charge >= 0.3 is 0 Å². The van der Waals surface area contributed by atoms with Gasteiger partial charge in [-0.25, -0.2) is 8.42 Å². The third-order valence-corrected chi connectivity index (χ3v) is 4.53. The number of rotatable bonds is 3. The van der Waals surface area contributed by atoms with Crippen molar-refractivity contribution >= 4 is 33.0 Å². The standard InChI is InChI=1S/C13H14ClN3O2S/c1-8-5-11(3-4-16-8)17-20(18,19)13-7-10(14)6-12(15)9(13)2/h3-7H,15H2,1-2H3,(H,16,17). The first-order valence-electron chi connectivity index (χ1n) is 5.81. The van der Waals surface area contributed by atoms with Gasteiger partial charge in [-0.2, -0.15) is 0 Å². The molecule has 7 heteroatoms. The molecule has 0 spiro atoms. The molecule has 0 atom stereocenters. The molecule has 20 heavy (non-hydrogen) atoms. The first-order valence-corrected chi connectivity index (χ1v) is 7.67. The summed E-state index contributed by atoms with van der Waals surface area (Å²) in [6, 6.07) is 6.12. The zero-order valence-corrected chi connectivity index (χ0v) is 12.6. The van der Waals surface area contributed by atoms with Crippen LogP contribution in [0.25, 0.3) is 0 Å². The van der Waals surface area contributed by atoms with Crippen LogP contribution in [-0.4, -0.2) is 13.4 Å². The molecule has 0 saturated heterocycles. The van der Waals surface area contributed by atoms with E-state index < -0.39 is 10.0 Å². The van der Waals surface area contributed by atoms with E-state index in [4.69, 9.17) is 17.3 Å². The van der Waals surface area contributed by atoms with Gasteiger partial charge in [-0.3, -0.25) is 9.71 Å². The molecule has 0 saturated carbocycles. The summed E-state index contributed by atoms with van der Waals surface area (Å²) in [7, 11) is -3.75. The number of nitrogens with one attached hydrogen (secondary N) is 1. The fourth-order valence-corrected chi connectivity index (χ4v) is 3.41. The minimum absolute atomic E-state index is 0.0666. The maximum atomic E-state index is 12.4. The van der Waals surface area contributed by atoms with Gasteiger partial charge in [0, 0.05) is 22.6 Å². The van der Waals surface area contributed by atoms with E-state index in [-0.39, 0.29) is 9.92 Å². The zero-order chi connectivity index (χ0) is 14.9. The number of hydrogen-bond donors (Lipinski definition) is 2. The van der Waals surface area contributed by atoms with Crippen molar-refractivity contribution < 1.29 is 8.42 Å². The fourth-order valence-electron chi connectivity index (χ4n) is 1.77. The van der Waals surface area contributed by atoms with Crippen molar-refractivity contribution in [3.8, 4) is 0 Å². The van der Waals surface area contributed by atoms with E-state index in [0.717, 1.165) is 0 Å². The van der Waals surface area contributed by atoms with Gasteiger partial charge in [0.25, 0.3) is 10.0 Å². The number of halogens is 1. The lowest BCUT2D eigenvalue weighted by atomic mass is 10.2. The van der Waals surface area contributed by atoms with Gasteiger partial charge in [-0.05, 0) is 43.7 Å². The second-order valence-corrected chi connectivity index (χ2v) is 6.50. The average molecular weight is 312 g/mol. The van der Waals surface area contributed by atoms with Crippen molar-refractivity contribution in [3.05, 3.63) is 46.7 Å². The molecule has 0 aliphatic carbocycles. The van der Waals surface area contributed by atoms with Crippen molar-refractivity contribution in [1.82, 2.24) is 4.98 Å². The number of nitrogens with two attached hydrogens (primary N) is 1. The van der Waals surface area contributed by atoms with Crippen LogP contribution in [0.3, 0.4) is 0 Å². The normalized spacial score (nSPS) is 11.3. The molecule has 0 radical (unpaired) electrons. The number of benzene rings is 1. The van der Waals surface area contributed by atoms with Crippen LogP contribution >= 0.6 is 11.6 Å². The van der Waals surface area contributed by atoms with Gasteiger partial charge in [0.15, 0.2) is 0 Å². The molecule has 2 aromatic rings. The van der Waals surface area contributed by atoms with Crippen LogP contribution in [-0.2, 0) is 10.0 Å². The van der Waals surface area contributed by atoms with E-state index in [9.17, 15) is 8.42 Å². The predicted molar refractivity (Wildman–Crippen MR) is 80.4 cm³/mol. The number of nitrogens with zero attached hydrogens (tertiary/aromatic N) is 1. The summed E-state index contributed by atoms with van der Waals surface area (Å²) < 4.78 is 27.3. The maximum Gasteiger partial charge on any atom is 0.262 e. The Morgan fingerprint density at radius 2 is 1.95 bits per heavy atom. The number of aryl methyl sites for hydroxylation is 1. The highest BCUT2D eigenvalue weighted by atomic mass is 35.5. The Morgan fingerprint density at radius 3 is 2.60 bits per heavy atom. The first-order chi connectivity index (χ1) is 9.29. The van der Waals surface area contributed by atoms with Crippen molar-refractivity contribution in [3.63, 3.8) is 0 Å². The Balaban J connectivity index is 2.46. The minimum Gasteiger partial charge on any atom is -0.398 e. The molecule has 1 aromatic heterocycles. The third-order valence-electron chi connectivity index (χ3n) is 2.80. The Labute approximate surface area is 122 Å². The van der Waals surface area contributed by atoms with E-state index in [2.05, 4.69) is 9.71 Å². The summed E-state index contributed by atoms with van der Waals surface area (Å²) >= 11 is 5.87. The van der Waals surface area contributed by atoms with Crippen molar-refractivity contribution in [2.75, 3.05) is 10.5 Å². The number of nitrogen functional groups attached to an aromatic ring is 1. The lowest BCUT2D eigenvalue weighted by Crippen LogP contribution is -2.15. The number of sulfonamides is 1. The highest BCUT2D eigenvalue weighted by molar-refractivity contribution is 7.92. The van der Waals surface area contributed by atoms with Crippen LogP contribution in [0.1, 0.15) is 11.3 Å². The SMILES string of the molecule is Cc1cc(NS(=O)(=O)c2cc(Cl)cc(N)c2C)ccn1. The molecule has 3 N–H and O–H groups in total. The highest BCUT2D eigenvalue weighted by Gasteiger charge is 2.19. The summed E-state index contributed by atoms with van der Waals surface area (Å²) in [4.78, 5) is 4.08. The summed E-state index contributed by atoms with van der Waals surface area (Å²) in [5, 5.41) is 0.277. The second kappa shape index (κ2) is 5.30. The lowest BCUT2D eigenvalue weighted by Gasteiger charge is -2.12. The highest BCUT2D eigenvalue weighted by Crippen LogP contribution is 2.27. The molecular weight excluding hydrogens is 298 g/mol. The largest absolute Gasteiger partial charge is 0.398 e. The van der Waals surface area contributed by atoms with Gasteiger partial charge < -0.3 is 5.73 Å². The number of aromatic nitrogens is 1. The van der Waals surface area contributed by atoms with Crippen LogP contribution in [0.4, 0.5) is 11.4 Å². The predicted octanol–water partition coefficient (Wildman–Crippen LogP) is 2.73. The second-order valence-electron chi connectivity index (χ2n) is 4.41. The fraction of sp³-hybridized carbons (Fsp3) is 0.154. The van der Waals surface area contributed by atoms with Gasteiger partial charge in [-0.15, -0.1) is 0 Å². The van der Waals surface area contributed by atoms with Crippen molar-refractivity contribution in [1.29, 1.82) is 0 Å². The van der Waals surface area contributed by atoms with Gasteiger partial charge in [0.05, 0.1) is 10.6 Å². The zero-order valence-electron chi connectivity index (χ0n) is 11.0. The van der Waals surface area contributed by atoms with E-state index in [1.165, 1.54) is 18.3 Å². The molecule has 0 aliphatic rings. The Morgan fingerprint density at radius 1 is 1.25 bits per heavy atom. The topological polar surface area (TPSA) is 85.1 Å². The number of anilines is 2. The molecule has 0 bridgehead atoms. The van der Waals surface area contributed by atoms with Gasteiger partial charge in [0.2, 0.25) is 0 Å². The van der Waals surface area contributed by atoms with E-state index in [1.54, 1.807) is 26.0 Å². The first kappa shape index (κ1) is 14.6. The van der Waals surface area contributed by atoms with Crippen LogP contribution in [0.5, 0.6) is 0 Å². The van der Waals surface area contributed by atoms with E-state index in [1.807, 2.05) is 0 Å². The van der Waals surface area contributed by atoms with Crippen LogP contribution in [0.15, 0.2) is 35.4 Å². The van der Waals surface area contributed by atoms with Crippen molar-refractivity contribution in [2.45, 2.75) is 18.7 Å². The van der Waals surface area contributed by atoms with Crippen molar-refractivity contribution in [2.24, 2.45) is 0 Å². The smallest absolute Gasteiger partial charge is 0.262 e. The molecular formula is C13H14ClN3O2S.